The summed E-state index contributed by atoms with van der Waals surface area (Å²) in [5.74, 6) is -0.317. The molecule has 2 N–H and O–H groups in total. The Hall–Kier alpha value is -2.47. The first kappa shape index (κ1) is 25.8. The van der Waals surface area contributed by atoms with E-state index < -0.39 is 11.8 Å². The molecule has 1 aliphatic heterocycles. The van der Waals surface area contributed by atoms with Gasteiger partial charge in [0.05, 0.1) is 19.8 Å². The molecule has 1 aliphatic rings. The molecule has 1 heterocycles. The fourth-order valence-electron chi connectivity index (χ4n) is 2.75. The molecule has 1 aromatic carbocycles. The third-order valence-electron chi connectivity index (χ3n) is 4.48. The van der Waals surface area contributed by atoms with Gasteiger partial charge in [0.15, 0.2) is 0 Å². The molecule has 0 spiro atoms. The molecule has 32 heavy (non-hydrogen) atoms. The highest BCUT2D eigenvalue weighted by Gasteiger charge is 2.23. The van der Waals surface area contributed by atoms with Crippen LogP contribution in [0, 0.1) is 3.57 Å². The van der Waals surface area contributed by atoms with Gasteiger partial charge in [0.25, 0.3) is 11.8 Å². The van der Waals surface area contributed by atoms with Crippen molar-refractivity contribution >= 4 is 46.2 Å². The Morgan fingerprint density at radius 2 is 1.50 bits per heavy atom. The number of carbonyl (C=O) groups excluding carboxylic acids is 4. The molecule has 0 aromatic heterocycles. The van der Waals surface area contributed by atoms with Gasteiger partial charge < -0.3 is 20.1 Å². The first-order chi connectivity index (χ1) is 15.5. The van der Waals surface area contributed by atoms with Crippen LogP contribution in [0.1, 0.15) is 25.7 Å². The number of hydrogen-bond donors (Lipinski definition) is 2. The van der Waals surface area contributed by atoms with Gasteiger partial charge in [-0.25, -0.2) is 0 Å². The van der Waals surface area contributed by atoms with Crippen molar-refractivity contribution in [2.45, 2.75) is 25.7 Å². The van der Waals surface area contributed by atoms with Crippen LogP contribution in [0.2, 0.25) is 0 Å². The Balaban J connectivity index is 1.38. The van der Waals surface area contributed by atoms with Crippen LogP contribution >= 0.6 is 22.6 Å². The topological polar surface area (TPSA) is 114 Å². The van der Waals surface area contributed by atoms with Crippen molar-refractivity contribution in [3.8, 4) is 5.75 Å². The van der Waals surface area contributed by atoms with Crippen LogP contribution in [0.3, 0.4) is 0 Å². The highest BCUT2D eigenvalue weighted by molar-refractivity contribution is 14.1. The van der Waals surface area contributed by atoms with Gasteiger partial charge in [0, 0.05) is 48.2 Å². The summed E-state index contributed by atoms with van der Waals surface area (Å²) in [6.45, 7) is 2.07. The molecule has 2 rings (SSSR count). The summed E-state index contributed by atoms with van der Waals surface area (Å²) < 4.78 is 12.1. The molecule has 0 radical (unpaired) electrons. The van der Waals surface area contributed by atoms with Crippen molar-refractivity contribution in [1.29, 1.82) is 0 Å². The van der Waals surface area contributed by atoms with E-state index in [1.54, 1.807) is 0 Å². The average Bonchev–Trinajstić information content (AvgIpc) is 3.10. The van der Waals surface area contributed by atoms with Gasteiger partial charge >= 0.3 is 0 Å². The minimum Gasteiger partial charge on any atom is -0.494 e. The standard InChI is InChI=1S/C22H28IN3O6/c23-17-3-5-18(6-4-17)32-14-2-1-11-24-20(28)10-15-31-16-12-25-19(27)9-13-26-21(29)7-8-22(26)30/h3-8H,1-2,9-16H2,(H,24,28)(H,25,27). The summed E-state index contributed by atoms with van der Waals surface area (Å²) in [5, 5.41) is 5.48. The van der Waals surface area contributed by atoms with E-state index in [-0.39, 0.29) is 44.4 Å². The zero-order valence-electron chi connectivity index (χ0n) is 17.8. The van der Waals surface area contributed by atoms with E-state index in [4.69, 9.17) is 9.47 Å². The summed E-state index contributed by atoms with van der Waals surface area (Å²) in [6, 6.07) is 7.86. The van der Waals surface area contributed by atoms with Crippen molar-refractivity contribution in [1.82, 2.24) is 15.5 Å². The maximum absolute atomic E-state index is 11.8. The molecule has 9 nitrogen and oxygen atoms in total. The third kappa shape index (κ3) is 10.2. The lowest BCUT2D eigenvalue weighted by atomic mass is 10.3. The summed E-state index contributed by atoms with van der Waals surface area (Å²) in [5.41, 5.74) is 0. The van der Waals surface area contributed by atoms with Crippen LogP contribution in [0.4, 0.5) is 0 Å². The number of halogens is 1. The molecule has 0 unspecified atom stereocenters. The lowest BCUT2D eigenvalue weighted by Gasteiger charge is -2.13. The number of hydrogen-bond acceptors (Lipinski definition) is 6. The van der Waals surface area contributed by atoms with Crippen LogP contribution in [0.5, 0.6) is 5.75 Å². The van der Waals surface area contributed by atoms with Crippen molar-refractivity contribution in [3.63, 3.8) is 0 Å². The number of rotatable bonds is 15. The van der Waals surface area contributed by atoms with Crippen molar-refractivity contribution in [3.05, 3.63) is 40.0 Å². The Morgan fingerprint density at radius 3 is 2.22 bits per heavy atom. The molecule has 10 heteroatoms. The Morgan fingerprint density at radius 1 is 0.844 bits per heavy atom. The van der Waals surface area contributed by atoms with E-state index in [9.17, 15) is 19.2 Å². The summed E-state index contributed by atoms with van der Waals surface area (Å²) >= 11 is 2.24. The highest BCUT2D eigenvalue weighted by Crippen LogP contribution is 2.13. The van der Waals surface area contributed by atoms with Crippen molar-refractivity contribution < 1.29 is 28.7 Å². The number of amides is 4. The zero-order chi connectivity index (χ0) is 23.2. The molecule has 1 aromatic rings. The second-order valence-corrected chi connectivity index (χ2v) is 8.23. The monoisotopic (exact) mass is 557 g/mol. The van der Waals surface area contributed by atoms with Gasteiger partial charge in [-0.05, 0) is 59.7 Å². The van der Waals surface area contributed by atoms with Crippen molar-refractivity contribution in [2.75, 3.05) is 39.5 Å². The minimum absolute atomic E-state index is 0.0390. The lowest BCUT2D eigenvalue weighted by Crippen LogP contribution is -2.35. The van der Waals surface area contributed by atoms with Crippen LogP contribution in [-0.2, 0) is 23.9 Å². The van der Waals surface area contributed by atoms with Gasteiger partial charge in [-0.3, -0.25) is 24.1 Å². The number of carbonyl (C=O) groups is 4. The highest BCUT2D eigenvalue weighted by atomic mass is 127. The minimum atomic E-state index is -0.403. The van der Waals surface area contributed by atoms with Crippen LogP contribution in [0.15, 0.2) is 36.4 Å². The molecule has 0 saturated carbocycles. The van der Waals surface area contributed by atoms with E-state index in [2.05, 4.69) is 33.2 Å². The van der Waals surface area contributed by atoms with Crippen LogP contribution < -0.4 is 15.4 Å². The molecule has 0 atom stereocenters. The van der Waals surface area contributed by atoms with Crippen molar-refractivity contribution in [2.24, 2.45) is 0 Å². The zero-order valence-corrected chi connectivity index (χ0v) is 20.0. The molecule has 0 bridgehead atoms. The predicted octanol–water partition coefficient (Wildman–Crippen LogP) is 1.40. The fourth-order valence-corrected chi connectivity index (χ4v) is 3.11. The number of imide groups is 1. The molecular weight excluding hydrogens is 529 g/mol. The smallest absolute Gasteiger partial charge is 0.253 e. The Labute approximate surface area is 201 Å². The van der Waals surface area contributed by atoms with E-state index in [0.29, 0.717) is 19.7 Å². The normalized spacial score (nSPS) is 12.8. The summed E-state index contributed by atoms with van der Waals surface area (Å²) in [4.78, 5) is 47.3. The largest absolute Gasteiger partial charge is 0.494 e. The first-order valence-electron chi connectivity index (χ1n) is 10.5. The second-order valence-electron chi connectivity index (χ2n) is 6.98. The maximum atomic E-state index is 11.8. The summed E-state index contributed by atoms with van der Waals surface area (Å²) in [6.07, 6.45) is 4.33. The number of benzene rings is 1. The number of ether oxygens (including phenoxy) is 2. The molecule has 174 valence electrons. The van der Waals surface area contributed by atoms with Crippen LogP contribution in [-0.4, -0.2) is 68.0 Å². The molecular formula is C22H28IN3O6. The second kappa shape index (κ2) is 14.6. The molecule has 0 aliphatic carbocycles. The predicted molar refractivity (Wildman–Crippen MR) is 126 cm³/mol. The first-order valence-corrected chi connectivity index (χ1v) is 11.6. The van der Waals surface area contributed by atoms with Gasteiger partial charge in [-0.2, -0.15) is 0 Å². The number of unbranched alkanes of at least 4 members (excludes halogenated alkanes) is 1. The molecule has 0 saturated heterocycles. The van der Waals surface area contributed by atoms with E-state index in [1.165, 1.54) is 12.2 Å². The molecule has 0 fully saturated rings. The Bertz CT molecular complexity index is 794. The maximum Gasteiger partial charge on any atom is 0.253 e. The number of nitrogens with zero attached hydrogens (tertiary/aromatic N) is 1. The number of nitrogens with one attached hydrogen (secondary N) is 2. The lowest BCUT2D eigenvalue weighted by molar-refractivity contribution is -0.137. The van der Waals surface area contributed by atoms with Crippen LogP contribution in [0.25, 0.3) is 0 Å². The van der Waals surface area contributed by atoms with E-state index in [0.717, 1.165) is 27.1 Å². The van der Waals surface area contributed by atoms with Gasteiger partial charge in [0.1, 0.15) is 5.75 Å². The average molecular weight is 557 g/mol. The Kier molecular flexibility index (Phi) is 11.7. The SMILES string of the molecule is O=C(CCOCCNC(=O)CCN1C(=O)C=CC1=O)NCCCCOc1ccc(I)cc1. The summed E-state index contributed by atoms with van der Waals surface area (Å²) in [7, 11) is 0. The fraction of sp³-hybridized carbons (Fsp3) is 0.455. The quantitative estimate of drug-likeness (QED) is 0.192. The van der Waals surface area contributed by atoms with E-state index >= 15 is 0 Å². The third-order valence-corrected chi connectivity index (χ3v) is 5.20. The van der Waals surface area contributed by atoms with Gasteiger partial charge in [0.2, 0.25) is 11.8 Å². The van der Waals surface area contributed by atoms with Gasteiger partial charge in [-0.15, -0.1) is 0 Å². The van der Waals surface area contributed by atoms with E-state index in [1.807, 2.05) is 24.3 Å². The molecule has 4 amide bonds. The van der Waals surface area contributed by atoms with Gasteiger partial charge in [-0.1, -0.05) is 0 Å².